The lowest BCUT2D eigenvalue weighted by molar-refractivity contribution is 0.207. The third-order valence-corrected chi connectivity index (χ3v) is 3.92. The number of rotatable bonds is 2. The van der Waals surface area contributed by atoms with Crippen molar-refractivity contribution in [2.45, 2.75) is 6.10 Å². The first kappa shape index (κ1) is 11.7. The molecular formula is C16H13BrO. The smallest absolute Gasteiger partial charge is 0.0893 e. The van der Waals surface area contributed by atoms with Crippen LogP contribution in [0.2, 0.25) is 0 Å². The predicted octanol–water partition coefficient (Wildman–Crippen LogP) is 4.42. The Bertz CT molecular complexity index is 706. The van der Waals surface area contributed by atoms with Gasteiger partial charge in [0.2, 0.25) is 0 Å². The average molecular weight is 301 g/mol. The van der Waals surface area contributed by atoms with Gasteiger partial charge in [0.1, 0.15) is 0 Å². The summed E-state index contributed by atoms with van der Waals surface area (Å²) >= 11 is 3.35. The van der Waals surface area contributed by atoms with Gasteiger partial charge < -0.3 is 5.11 Å². The Hall–Kier alpha value is -1.38. The molecule has 1 nitrogen and oxygen atoms in total. The molecule has 0 spiro atoms. The summed E-state index contributed by atoms with van der Waals surface area (Å²) in [5.41, 5.74) is 0.987. The number of fused-ring (bicyclic) bond motifs is 3. The summed E-state index contributed by atoms with van der Waals surface area (Å²) in [4.78, 5) is 0. The van der Waals surface area contributed by atoms with Crippen molar-refractivity contribution in [2.75, 3.05) is 5.33 Å². The number of benzene rings is 3. The number of hydrogen-bond donors (Lipinski definition) is 1. The number of aliphatic hydroxyl groups excluding tert-OH is 1. The minimum Gasteiger partial charge on any atom is -0.388 e. The average Bonchev–Trinajstić information content (AvgIpc) is 2.45. The molecule has 2 heteroatoms. The first-order valence-electron chi connectivity index (χ1n) is 5.95. The van der Waals surface area contributed by atoms with E-state index in [1.54, 1.807) is 0 Å². The second-order valence-corrected chi connectivity index (χ2v) is 5.05. The van der Waals surface area contributed by atoms with Crippen LogP contribution in [0.1, 0.15) is 11.7 Å². The highest BCUT2D eigenvalue weighted by Crippen LogP contribution is 2.32. The van der Waals surface area contributed by atoms with Gasteiger partial charge >= 0.3 is 0 Å². The molecule has 0 saturated heterocycles. The van der Waals surface area contributed by atoms with Crippen molar-refractivity contribution < 1.29 is 5.11 Å². The van der Waals surface area contributed by atoms with Crippen LogP contribution < -0.4 is 0 Å². The zero-order chi connectivity index (χ0) is 12.5. The topological polar surface area (TPSA) is 20.2 Å². The Morgan fingerprint density at radius 3 is 2.22 bits per heavy atom. The normalized spacial score (nSPS) is 13.0. The summed E-state index contributed by atoms with van der Waals surface area (Å²) < 4.78 is 0. The fourth-order valence-corrected chi connectivity index (χ4v) is 2.79. The lowest BCUT2D eigenvalue weighted by atomic mass is 9.95. The van der Waals surface area contributed by atoms with Gasteiger partial charge in [-0.1, -0.05) is 64.5 Å². The van der Waals surface area contributed by atoms with Crippen LogP contribution in [0.3, 0.4) is 0 Å². The fourth-order valence-electron chi connectivity index (χ4n) is 2.44. The van der Waals surface area contributed by atoms with Gasteiger partial charge in [-0.05, 0) is 33.2 Å². The second-order valence-electron chi connectivity index (χ2n) is 4.40. The molecule has 0 aliphatic heterocycles. The van der Waals surface area contributed by atoms with Crippen LogP contribution in [0, 0.1) is 0 Å². The number of hydrogen-bond acceptors (Lipinski definition) is 1. The minimum atomic E-state index is -0.473. The summed E-state index contributed by atoms with van der Waals surface area (Å²) in [5, 5.41) is 15.4. The number of alkyl halides is 1. The van der Waals surface area contributed by atoms with E-state index in [1.165, 1.54) is 16.2 Å². The molecule has 18 heavy (non-hydrogen) atoms. The molecule has 1 atom stereocenters. The molecule has 0 radical (unpaired) electrons. The molecule has 0 saturated carbocycles. The van der Waals surface area contributed by atoms with E-state index in [-0.39, 0.29) is 0 Å². The van der Waals surface area contributed by atoms with Crippen LogP contribution in [0.15, 0.2) is 54.6 Å². The molecule has 90 valence electrons. The van der Waals surface area contributed by atoms with Gasteiger partial charge in [0.05, 0.1) is 6.10 Å². The highest BCUT2D eigenvalue weighted by atomic mass is 79.9. The Labute approximate surface area is 114 Å². The quantitative estimate of drug-likeness (QED) is 0.548. The lowest BCUT2D eigenvalue weighted by Crippen LogP contribution is -1.99. The molecule has 1 N–H and O–H groups in total. The van der Waals surface area contributed by atoms with Crippen molar-refractivity contribution in [1.29, 1.82) is 0 Å². The van der Waals surface area contributed by atoms with Crippen molar-refractivity contribution in [3.05, 3.63) is 60.2 Å². The van der Waals surface area contributed by atoms with Gasteiger partial charge in [-0.3, -0.25) is 0 Å². The minimum absolute atomic E-state index is 0.473. The van der Waals surface area contributed by atoms with Crippen molar-refractivity contribution >= 4 is 37.5 Å². The molecule has 0 aliphatic rings. The van der Waals surface area contributed by atoms with E-state index in [0.717, 1.165) is 10.9 Å². The number of aliphatic hydroxyl groups is 1. The van der Waals surface area contributed by atoms with Crippen LogP contribution in [0.4, 0.5) is 0 Å². The second kappa shape index (κ2) is 4.71. The standard InChI is InChI=1S/C16H13BrO/c17-10-16(18)15-9-11-5-1-2-6-12(11)13-7-3-4-8-14(13)15/h1-9,16,18H,10H2/t16-/m1/s1. The van der Waals surface area contributed by atoms with Gasteiger partial charge in [-0.15, -0.1) is 0 Å². The molecule has 0 aliphatic carbocycles. The van der Waals surface area contributed by atoms with Gasteiger partial charge in [0.15, 0.2) is 0 Å². The van der Waals surface area contributed by atoms with Gasteiger partial charge in [0, 0.05) is 5.33 Å². The summed E-state index contributed by atoms with van der Waals surface area (Å²) in [6.07, 6.45) is -0.473. The van der Waals surface area contributed by atoms with E-state index >= 15 is 0 Å². The first-order valence-corrected chi connectivity index (χ1v) is 7.08. The van der Waals surface area contributed by atoms with E-state index in [1.807, 2.05) is 18.2 Å². The summed E-state index contributed by atoms with van der Waals surface area (Å²) in [5.74, 6) is 0. The van der Waals surface area contributed by atoms with Crippen molar-refractivity contribution in [3.63, 3.8) is 0 Å². The number of halogens is 1. The Morgan fingerprint density at radius 2 is 1.50 bits per heavy atom. The zero-order valence-corrected chi connectivity index (χ0v) is 11.4. The van der Waals surface area contributed by atoms with E-state index in [4.69, 9.17) is 0 Å². The monoisotopic (exact) mass is 300 g/mol. The molecule has 0 heterocycles. The maximum atomic E-state index is 10.1. The van der Waals surface area contributed by atoms with Gasteiger partial charge in [0.25, 0.3) is 0 Å². The van der Waals surface area contributed by atoms with Gasteiger partial charge in [-0.25, -0.2) is 0 Å². The molecule has 3 aromatic carbocycles. The summed E-state index contributed by atoms with van der Waals surface area (Å²) in [6.45, 7) is 0. The van der Waals surface area contributed by atoms with E-state index in [0.29, 0.717) is 5.33 Å². The van der Waals surface area contributed by atoms with Crippen molar-refractivity contribution in [1.82, 2.24) is 0 Å². The molecule has 0 unspecified atom stereocenters. The Balaban J connectivity index is 2.46. The van der Waals surface area contributed by atoms with E-state index < -0.39 is 6.10 Å². The third kappa shape index (κ3) is 1.82. The molecule has 0 amide bonds. The van der Waals surface area contributed by atoms with Crippen LogP contribution in [0.25, 0.3) is 21.5 Å². The predicted molar refractivity (Wildman–Crippen MR) is 80.2 cm³/mol. The van der Waals surface area contributed by atoms with Crippen LogP contribution in [0.5, 0.6) is 0 Å². The summed E-state index contributed by atoms with van der Waals surface area (Å²) in [7, 11) is 0. The highest BCUT2D eigenvalue weighted by molar-refractivity contribution is 9.09. The largest absolute Gasteiger partial charge is 0.388 e. The molecule has 0 aromatic heterocycles. The molecule has 3 aromatic rings. The molecule has 0 bridgehead atoms. The first-order chi connectivity index (χ1) is 8.81. The van der Waals surface area contributed by atoms with Crippen LogP contribution in [-0.4, -0.2) is 10.4 Å². The van der Waals surface area contributed by atoms with Crippen LogP contribution in [-0.2, 0) is 0 Å². The van der Waals surface area contributed by atoms with E-state index in [9.17, 15) is 5.11 Å². The molecule has 0 fully saturated rings. The Kier molecular flexibility index (Phi) is 3.06. The van der Waals surface area contributed by atoms with Crippen LogP contribution >= 0.6 is 15.9 Å². The maximum absolute atomic E-state index is 10.1. The lowest BCUT2D eigenvalue weighted by Gasteiger charge is -2.13. The van der Waals surface area contributed by atoms with Crippen molar-refractivity contribution in [2.24, 2.45) is 0 Å². The molecular weight excluding hydrogens is 288 g/mol. The highest BCUT2D eigenvalue weighted by Gasteiger charge is 2.12. The fraction of sp³-hybridized carbons (Fsp3) is 0.125. The van der Waals surface area contributed by atoms with Gasteiger partial charge in [-0.2, -0.15) is 0 Å². The molecule has 3 rings (SSSR count). The Morgan fingerprint density at radius 1 is 0.889 bits per heavy atom. The van der Waals surface area contributed by atoms with E-state index in [2.05, 4.69) is 52.3 Å². The zero-order valence-electron chi connectivity index (χ0n) is 9.81. The third-order valence-electron chi connectivity index (χ3n) is 3.31. The maximum Gasteiger partial charge on any atom is 0.0893 e. The van der Waals surface area contributed by atoms with Crippen molar-refractivity contribution in [3.8, 4) is 0 Å². The SMILES string of the molecule is O[C@H](CBr)c1cc2ccccc2c2ccccc12. The summed E-state index contributed by atoms with van der Waals surface area (Å²) in [6, 6.07) is 18.6.